The van der Waals surface area contributed by atoms with Crippen molar-refractivity contribution in [2.24, 2.45) is 17.6 Å². The monoisotopic (exact) mass is 864 g/mol. The summed E-state index contributed by atoms with van der Waals surface area (Å²) in [4.78, 5) is 13.3. The van der Waals surface area contributed by atoms with Gasteiger partial charge in [0.1, 0.15) is 97.7 Å². The molecular weight excluding hydrogens is 804 g/mol. The molecule has 5 rings (SSSR count). The average molecular weight is 865 g/mol. The topological polar surface area (TPSA) is 412 Å². The van der Waals surface area contributed by atoms with Crippen molar-refractivity contribution in [2.75, 3.05) is 39.5 Å². The second kappa shape index (κ2) is 21.3. The maximum atomic E-state index is 13.3. The fraction of sp³-hybridized carbons (Fsp3) is 0.971. The first kappa shape index (κ1) is 48.6. The first-order valence-corrected chi connectivity index (χ1v) is 19.5. The Balaban J connectivity index is 1.47. The molecule has 25 nitrogen and oxygen atoms in total. The zero-order valence-electron chi connectivity index (χ0n) is 32.0. The number of hydrogen-bond donors (Lipinski definition) is 16. The maximum absolute atomic E-state index is 13.3. The molecule has 4 heterocycles. The number of hydrogen-bond acceptors (Lipinski definition) is 24. The number of nitrogens with one attached hydrogen (secondary N) is 1. The van der Waals surface area contributed by atoms with E-state index in [9.17, 15) is 76.3 Å². The molecule has 4 aliphatic heterocycles. The zero-order chi connectivity index (χ0) is 43.5. The third kappa shape index (κ3) is 10.5. The lowest BCUT2D eigenvalue weighted by Gasteiger charge is -2.50. The van der Waals surface area contributed by atoms with E-state index in [2.05, 4.69) is 5.32 Å². The molecule has 5 aliphatic rings. The summed E-state index contributed by atoms with van der Waals surface area (Å²) >= 11 is 0. The van der Waals surface area contributed by atoms with Crippen molar-refractivity contribution in [3.63, 3.8) is 0 Å². The zero-order valence-corrected chi connectivity index (χ0v) is 32.0. The Morgan fingerprint density at radius 1 is 0.525 bits per heavy atom. The maximum Gasteiger partial charge on any atom is 0.223 e. The minimum atomic E-state index is -1.97. The highest BCUT2D eigenvalue weighted by Gasteiger charge is 2.55. The van der Waals surface area contributed by atoms with Gasteiger partial charge in [-0.05, 0) is 18.8 Å². The minimum Gasteiger partial charge on any atom is -0.394 e. The number of aliphatic hydroxyl groups excluding tert-OH is 14. The van der Waals surface area contributed by atoms with Gasteiger partial charge >= 0.3 is 0 Å². The first-order chi connectivity index (χ1) is 28.0. The summed E-state index contributed by atoms with van der Waals surface area (Å²) < 4.78 is 46.9. The van der Waals surface area contributed by atoms with Crippen LogP contribution in [0, 0.1) is 11.8 Å². The van der Waals surface area contributed by atoms with Crippen LogP contribution in [0.15, 0.2) is 0 Å². The Morgan fingerprint density at radius 3 is 1.31 bits per heavy atom. The van der Waals surface area contributed by atoms with Gasteiger partial charge in [-0.2, -0.15) is 0 Å². The molecule has 1 amide bonds. The molecule has 5 fully saturated rings. The van der Waals surface area contributed by atoms with Crippen LogP contribution < -0.4 is 11.1 Å². The second-order valence-electron chi connectivity index (χ2n) is 15.5. The average Bonchev–Trinajstić information content (AvgIpc) is 3.22. The van der Waals surface area contributed by atoms with Gasteiger partial charge in [0.25, 0.3) is 0 Å². The van der Waals surface area contributed by atoms with Gasteiger partial charge in [0.2, 0.25) is 5.91 Å². The molecule has 1 saturated carbocycles. The fourth-order valence-electron chi connectivity index (χ4n) is 7.99. The normalized spacial score (nSPS) is 49.7. The van der Waals surface area contributed by atoms with Gasteiger partial charge < -0.3 is 120 Å². The number of carbonyl (C=O) groups excluding carboxylic acids is 1. The number of rotatable bonds is 15. The quantitative estimate of drug-likeness (QED) is 0.0727. The lowest BCUT2D eigenvalue weighted by molar-refractivity contribution is -0.389. The fourth-order valence-corrected chi connectivity index (χ4v) is 7.99. The number of aliphatic hydroxyl groups is 14. The van der Waals surface area contributed by atoms with Crippen LogP contribution in [0.2, 0.25) is 0 Å². The van der Waals surface area contributed by atoms with E-state index < -0.39 is 179 Å². The lowest BCUT2D eigenvalue weighted by atomic mass is 9.77. The van der Waals surface area contributed by atoms with E-state index in [1.165, 1.54) is 0 Å². The standard InChI is InChI=1S/C34H60N2O23/c1-10-4-11(30(51)36-3-2-35)5-12(52-33-28(23(47)19(43)15(8-39)55-33)58-31-25(49)21(45)17(41)13(6-37)53-31)27(10)57-34-29(24(48)20(44)16(9-40)56-34)59-32-26(50)22(46)18(42)14(7-38)54-32/h10-29,31-34,37-50H,2-9,35H2,1H3,(H,36,51)/t10-,11+,12+,13+,14+,15+,16+,17+,18+,19+,20+,21-,22-,23-,24-,25-,26-,27+,28-,29-,31+,32+,33-,34+/m0/s1. The Morgan fingerprint density at radius 2 is 0.898 bits per heavy atom. The molecule has 0 unspecified atom stereocenters. The molecule has 0 aromatic heterocycles. The summed E-state index contributed by atoms with van der Waals surface area (Å²) in [7, 11) is 0. The van der Waals surface area contributed by atoms with Crippen LogP contribution in [-0.4, -0.2) is 252 Å². The summed E-state index contributed by atoms with van der Waals surface area (Å²) in [6.45, 7) is -1.47. The molecule has 25 heteroatoms. The van der Waals surface area contributed by atoms with Crippen molar-refractivity contribution in [2.45, 2.75) is 155 Å². The number of ether oxygens (including phenoxy) is 8. The molecule has 1 aliphatic carbocycles. The molecular formula is C34H60N2O23. The van der Waals surface area contributed by atoms with Gasteiger partial charge in [0, 0.05) is 19.0 Å². The largest absolute Gasteiger partial charge is 0.394 e. The van der Waals surface area contributed by atoms with Crippen molar-refractivity contribution >= 4 is 5.91 Å². The minimum absolute atomic E-state index is 0.115. The van der Waals surface area contributed by atoms with Gasteiger partial charge in [0.15, 0.2) is 25.2 Å². The van der Waals surface area contributed by atoms with Crippen LogP contribution in [0.4, 0.5) is 0 Å². The van der Waals surface area contributed by atoms with Crippen molar-refractivity contribution in [1.29, 1.82) is 0 Å². The molecule has 344 valence electrons. The summed E-state index contributed by atoms with van der Waals surface area (Å²) in [5.74, 6) is -1.92. The predicted molar refractivity (Wildman–Crippen MR) is 186 cm³/mol. The highest BCUT2D eigenvalue weighted by atomic mass is 16.8. The highest BCUT2D eigenvalue weighted by molar-refractivity contribution is 5.78. The van der Waals surface area contributed by atoms with Crippen LogP contribution in [0.3, 0.4) is 0 Å². The molecule has 59 heavy (non-hydrogen) atoms. The van der Waals surface area contributed by atoms with E-state index in [0.717, 1.165) is 0 Å². The third-order valence-electron chi connectivity index (χ3n) is 11.4. The second-order valence-corrected chi connectivity index (χ2v) is 15.5. The van der Waals surface area contributed by atoms with E-state index in [1.54, 1.807) is 6.92 Å². The van der Waals surface area contributed by atoms with Gasteiger partial charge in [0.05, 0.1) is 38.6 Å². The van der Waals surface area contributed by atoms with Crippen LogP contribution in [0.25, 0.3) is 0 Å². The number of carbonyl (C=O) groups is 1. The Bertz CT molecular complexity index is 1310. The summed E-state index contributed by atoms with van der Waals surface area (Å²) in [6, 6.07) is 0. The molecule has 0 radical (unpaired) electrons. The van der Waals surface area contributed by atoms with Gasteiger partial charge in [-0.1, -0.05) is 6.92 Å². The van der Waals surface area contributed by atoms with Crippen LogP contribution in [0.1, 0.15) is 19.8 Å². The van der Waals surface area contributed by atoms with Gasteiger partial charge in [-0.25, -0.2) is 0 Å². The molecule has 0 aromatic carbocycles. The molecule has 24 atom stereocenters. The molecule has 4 saturated heterocycles. The summed E-state index contributed by atoms with van der Waals surface area (Å²) in [6.07, 6.45) is -38.2. The predicted octanol–water partition coefficient (Wildman–Crippen LogP) is -9.87. The summed E-state index contributed by atoms with van der Waals surface area (Å²) in [5, 5.41) is 149. The van der Waals surface area contributed by atoms with Crippen molar-refractivity contribution in [3.05, 3.63) is 0 Å². The van der Waals surface area contributed by atoms with E-state index in [0.29, 0.717) is 0 Å². The Kier molecular flexibility index (Phi) is 17.5. The van der Waals surface area contributed by atoms with Gasteiger partial charge in [-0.3, -0.25) is 4.79 Å². The smallest absolute Gasteiger partial charge is 0.223 e. The van der Waals surface area contributed by atoms with E-state index in [4.69, 9.17) is 43.6 Å². The molecule has 17 N–H and O–H groups in total. The SMILES string of the molecule is C[C@H]1C[C@@H](C(=O)NCCN)C[C@@H](O[C@H]2O[C@H](CO)[C@@H](O)[C@H](O)[C@@H]2O[C@H]2O[C@H](CO)[C@@H](O)[C@H](O)[C@@H]2O)[C@@H]1O[C@H]1O[C@H](CO)[C@@H](O)[C@H](O)[C@@H]1O[C@H]1O[C@H](CO)[C@@H](O)[C@H](O)[C@@H]1O. The van der Waals surface area contributed by atoms with E-state index in [-0.39, 0.29) is 25.9 Å². The highest BCUT2D eigenvalue weighted by Crippen LogP contribution is 2.40. The molecule has 0 aromatic rings. The Hall–Kier alpha value is -1.45. The van der Waals surface area contributed by atoms with Gasteiger partial charge in [-0.15, -0.1) is 0 Å². The van der Waals surface area contributed by atoms with Crippen LogP contribution >= 0.6 is 0 Å². The van der Waals surface area contributed by atoms with Crippen LogP contribution in [-0.2, 0) is 42.7 Å². The molecule has 0 bridgehead atoms. The van der Waals surface area contributed by atoms with E-state index in [1.807, 2.05) is 0 Å². The Labute approximate surface area is 337 Å². The third-order valence-corrected chi connectivity index (χ3v) is 11.4. The van der Waals surface area contributed by atoms with Crippen molar-refractivity contribution in [3.8, 4) is 0 Å². The van der Waals surface area contributed by atoms with E-state index >= 15 is 0 Å². The summed E-state index contributed by atoms with van der Waals surface area (Å²) in [5.41, 5.74) is 5.59. The first-order valence-electron chi connectivity index (χ1n) is 19.5. The number of nitrogens with two attached hydrogens (primary N) is 1. The van der Waals surface area contributed by atoms with Crippen molar-refractivity contribution in [1.82, 2.24) is 5.32 Å². The molecule has 0 spiro atoms. The lowest BCUT2D eigenvalue weighted by Crippen LogP contribution is -2.66. The number of amides is 1. The van der Waals surface area contributed by atoms with Crippen molar-refractivity contribution < 1.29 is 114 Å². The van der Waals surface area contributed by atoms with Crippen LogP contribution in [0.5, 0.6) is 0 Å².